The number of rotatable bonds is 0. The van der Waals surface area contributed by atoms with E-state index in [9.17, 15) is 4.79 Å². The van der Waals surface area contributed by atoms with E-state index in [-0.39, 0.29) is 5.56 Å². The fourth-order valence-electron chi connectivity index (χ4n) is 1.79. The molecule has 80 valence electrons. The largest absolute Gasteiger partial charge is 0.338 e. The molecule has 0 radical (unpaired) electrons. The molecular weight excluding hydrogens is 242 g/mol. The van der Waals surface area contributed by atoms with Crippen molar-refractivity contribution in [2.24, 2.45) is 0 Å². The second-order valence-corrected chi connectivity index (χ2v) is 4.99. The fourth-order valence-corrected chi connectivity index (χ4v) is 3.26. The molecule has 0 aliphatic carbocycles. The third kappa shape index (κ3) is 1.23. The highest BCUT2D eigenvalue weighted by Crippen LogP contribution is 2.30. The average Bonchev–Trinajstić information content (AvgIpc) is 2.57. The van der Waals surface area contributed by atoms with Crippen LogP contribution in [0, 0.1) is 11.6 Å². The quantitative estimate of drug-likeness (QED) is 0.602. The number of aromatic nitrogens is 3. The molecule has 3 aromatic rings. The Labute approximate surface area is 99.0 Å². The topological polar surface area (TPSA) is 61.5 Å². The highest BCUT2D eigenvalue weighted by atomic mass is 32.1. The van der Waals surface area contributed by atoms with Gasteiger partial charge in [0.15, 0.2) is 0 Å². The van der Waals surface area contributed by atoms with Crippen LogP contribution in [0.5, 0.6) is 0 Å². The van der Waals surface area contributed by atoms with Gasteiger partial charge in [-0.15, -0.1) is 11.3 Å². The lowest BCUT2D eigenvalue weighted by Crippen LogP contribution is -2.03. The Morgan fingerprint density at radius 2 is 2.31 bits per heavy atom. The number of pyridine rings is 1. The highest BCUT2D eigenvalue weighted by molar-refractivity contribution is 7.71. The number of aromatic amines is 2. The highest BCUT2D eigenvalue weighted by Gasteiger charge is 2.11. The van der Waals surface area contributed by atoms with Crippen molar-refractivity contribution in [2.45, 2.75) is 6.92 Å². The molecule has 2 N–H and O–H groups in total. The van der Waals surface area contributed by atoms with Crippen molar-refractivity contribution in [3.8, 4) is 0 Å². The summed E-state index contributed by atoms with van der Waals surface area (Å²) in [5, 5.41) is 0.986. The zero-order valence-corrected chi connectivity index (χ0v) is 9.96. The molecule has 0 bridgehead atoms. The van der Waals surface area contributed by atoms with Crippen molar-refractivity contribution < 1.29 is 0 Å². The van der Waals surface area contributed by atoms with Gasteiger partial charge in [-0.05, 0) is 18.6 Å². The first-order valence-corrected chi connectivity index (χ1v) is 5.89. The molecule has 0 atom stereocenters. The van der Waals surface area contributed by atoms with Crippen LogP contribution in [0.25, 0.3) is 20.4 Å². The summed E-state index contributed by atoms with van der Waals surface area (Å²) in [7, 11) is 0. The van der Waals surface area contributed by atoms with Crippen LogP contribution >= 0.6 is 23.6 Å². The summed E-state index contributed by atoms with van der Waals surface area (Å²) in [6.07, 6.45) is 1.43. The molecule has 0 fully saturated rings. The first kappa shape index (κ1) is 9.68. The first-order valence-electron chi connectivity index (χ1n) is 4.66. The van der Waals surface area contributed by atoms with Gasteiger partial charge >= 0.3 is 0 Å². The van der Waals surface area contributed by atoms with Crippen LogP contribution in [0.3, 0.4) is 0 Å². The molecule has 0 spiro atoms. The maximum Gasteiger partial charge on any atom is 0.268 e. The molecule has 0 unspecified atom stereocenters. The summed E-state index contributed by atoms with van der Waals surface area (Å²) in [6, 6.07) is 1.88. The van der Waals surface area contributed by atoms with E-state index < -0.39 is 0 Å². The molecule has 3 aromatic heterocycles. The zero-order valence-electron chi connectivity index (χ0n) is 8.33. The second kappa shape index (κ2) is 3.23. The number of fused-ring (bicyclic) bond motifs is 3. The summed E-state index contributed by atoms with van der Waals surface area (Å²) >= 11 is 6.50. The zero-order chi connectivity index (χ0) is 11.3. The maximum absolute atomic E-state index is 11.6. The van der Waals surface area contributed by atoms with Gasteiger partial charge in [0.1, 0.15) is 14.2 Å². The number of nitrogens with zero attached hydrogens (tertiary/aromatic N) is 1. The van der Waals surface area contributed by atoms with Gasteiger partial charge in [0.2, 0.25) is 0 Å². The first-order chi connectivity index (χ1) is 7.66. The standard InChI is InChI=1S/C10H7N3OS2/c1-4-2-5(15)13-10-6(4)7-8(16-10)9(14)12-3-11-7/h2-3H,1H3,(H,13,15)(H,11,12,14). The molecule has 0 aliphatic heterocycles. The van der Waals surface area contributed by atoms with E-state index in [2.05, 4.69) is 15.0 Å². The number of H-pyrrole nitrogens is 2. The van der Waals surface area contributed by atoms with E-state index in [1.54, 1.807) is 0 Å². The van der Waals surface area contributed by atoms with Gasteiger partial charge in [0, 0.05) is 5.39 Å². The predicted octanol–water partition coefficient (Wildman–Crippen LogP) is 2.50. The van der Waals surface area contributed by atoms with Crippen molar-refractivity contribution in [3.63, 3.8) is 0 Å². The number of hydrogen-bond donors (Lipinski definition) is 2. The summed E-state index contributed by atoms with van der Waals surface area (Å²) in [4.78, 5) is 22.4. The van der Waals surface area contributed by atoms with Gasteiger partial charge in [0.05, 0.1) is 11.8 Å². The molecular formula is C10H7N3OS2. The van der Waals surface area contributed by atoms with Crippen molar-refractivity contribution in [1.29, 1.82) is 0 Å². The van der Waals surface area contributed by atoms with Crippen LogP contribution in [-0.4, -0.2) is 15.0 Å². The molecule has 0 amide bonds. The van der Waals surface area contributed by atoms with Gasteiger partial charge < -0.3 is 9.97 Å². The van der Waals surface area contributed by atoms with E-state index in [1.807, 2.05) is 13.0 Å². The van der Waals surface area contributed by atoms with Crippen LogP contribution in [0.2, 0.25) is 0 Å². The van der Waals surface area contributed by atoms with E-state index in [1.165, 1.54) is 17.7 Å². The Kier molecular flexibility index (Phi) is 1.95. The Hall–Kier alpha value is -1.53. The second-order valence-electron chi connectivity index (χ2n) is 3.53. The minimum absolute atomic E-state index is 0.107. The molecule has 3 rings (SSSR count). The van der Waals surface area contributed by atoms with E-state index in [4.69, 9.17) is 12.2 Å². The number of thiophene rings is 1. The molecule has 16 heavy (non-hydrogen) atoms. The van der Waals surface area contributed by atoms with E-state index >= 15 is 0 Å². The summed E-state index contributed by atoms with van der Waals surface area (Å²) in [5.74, 6) is 0. The summed E-state index contributed by atoms with van der Waals surface area (Å²) in [5.41, 5.74) is 1.68. The maximum atomic E-state index is 11.6. The van der Waals surface area contributed by atoms with Crippen LogP contribution in [0.4, 0.5) is 0 Å². The van der Waals surface area contributed by atoms with Gasteiger partial charge in [-0.2, -0.15) is 0 Å². The molecule has 0 saturated carbocycles. The third-order valence-electron chi connectivity index (χ3n) is 2.46. The normalized spacial score (nSPS) is 11.3. The molecule has 0 aliphatic rings. The molecule has 3 heterocycles. The Morgan fingerprint density at radius 3 is 3.12 bits per heavy atom. The van der Waals surface area contributed by atoms with Crippen molar-refractivity contribution in [1.82, 2.24) is 15.0 Å². The van der Waals surface area contributed by atoms with Crippen LogP contribution < -0.4 is 5.56 Å². The van der Waals surface area contributed by atoms with Crippen molar-refractivity contribution >= 4 is 44.0 Å². The van der Waals surface area contributed by atoms with E-state index in [0.29, 0.717) is 9.34 Å². The van der Waals surface area contributed by atoms with Crippen LogP contribution in [0.15, 0.2) is 17.2 Å². The minimum atomic E-state index is -0.107. The third-order valence-corrected chi connectivity index (χ3v) is 3.77. The smallest absolute Gasteiger partial charge is 0.268 e. The number of aryl methyl sites for hydroxylation is 1. The minimum Gasteiger partial charge on any atom is -0.338 e. The van der Waals surface area contributed by atoms with Gasteiger partial charge in [0.25, 0.3) is 5.56 Å². The monoisotopic (exact) mass is 249 g/mol. The van der Waals surface area contributed by atoms with Gasteiger partial charge in [-0.25, -0.2) is 4.98 Å². The van der Waals surface area contributed by atoms with Gasteiger partial charge in [-0.3, -0.25) is 4.79 Å². The molecule has 6 heteroatoms. The Balaban J connectivity index is 2.72. The van der Waals surface area contributed by atoms with Crippen molar-refractivity contribution in [2.75, 3.05) is 0 Å². The molecule has 0 aromatic carbocycles. The van der Waals surface area contributed by atoms with Gasteiger partial charge in [-0.1, -0.05) is 12.2 Å². The molecule has 4 nitrogen and oxygen atoms in total. The van der Waals surface area contributed by atoms with Crippen molar-refractivity contribution in [3.05, 3.63) is 33.0 Å². The predicted molar refractivity (Wildman–Crippen MR) is 67.7 cm³/mol. The fraction of sp³-hybridized carbons (Fsp3) is 0.100. The lowest BCUT2D eigenvalue weighted by molar-refractivity contribution is 1.18. The summed E-state index contributed by atoms with van der Waals surface area (Å²) in [6.45, 7) is 1.97. The van der Waals surface area contributed by atoms with Crippen LogP contribution in [0.1, 0.15) is 5.56 Å². The number of hydrogen-bond acceptors (Lipinski definition) is 4. The Bertz CT molecular complexity index is 812. The summed E-state index contributed by atoms with van der Waals surface area (Å²) < 4.78 is 1.31. The average molecular weight is 249 g/mol. The SMILES string of the molecule is Cc1cc(=S)[nH]c2sc3c(=O)[nH]cnc3c12. The Morgan fingerprint density at radius 1 is 1.50 bits per heavy atom. The lowest BCUT2D eigenvalue weighted by Gasteiger charge is -1.95. The number of nitrogens with one attached hydrogen (secondary N) is 2. The van der Waals surface area contributed by atoms with E-state index in [0.717, 1.165) is 21.3 Å². The lowest BCUT2D eigenvalue weighted by atomic mass is 10.2. The van der Waals surface area contributed by atoms with Crippen LogP contribution in [-0.2, 0) is 0 Å². The molecule has 0 saturated heterocycles.